The third-order valence-corrected chi connectivity index (χ3v) is 17.2. The van der Waals surface area contributed by atoms with Crippen LogP contribution in [0.5, 0.6) is 0 Å². The molecule has 95 heavy (non-hydrogen) atoms. The summed E-state index contributed by atoms with van der Waals surface area (Å²) in [7, 11) is 5.92. The molecule has 2 unspecified atom stereocenters. The van der Waals surface area contributed by atoms with Crippen LogP contribution >= 0.6 is 0 Å². The molecule has 0 radical (unpaired) electrons. The predicted molar refractivity (Wildman–Crippen MR) is 407 cm³/mol. The van der Waals surface area contributed by atoms with Crippen molar-refractivity contribution in [2.24, 2.45) is 0 Å². The molecule has 2 atom stereocenters. The molecule has 0 bridgehead atoms. The van der Waals surface area contributed by atoms with Crippen molar-refractivity contribution in [3.63, 3.8) is 0 Å². The number of aliphatic carboxylic acids is 1. The Morgan fingerprint density at radius 2 is 0.600 bits per heavy atom. The van der Waals surface area contributed by atoms with Gasteiger partial charge in [-0.15, -0.1) is 0 Å². The number of carboxylic acids is 1. The molecule has 0 N–H and O–H groups in total. The molecular formula is C86H149NO8. The minimum Gasteiger partial charge on any atom is -0.545 e. The van der Waals surface area contributed by atoms with Gasteiger partial charge in [0.1, 0.15) is 13.2 Å². The summed E-state index contributed by atoms with van der Waals surface area (Å²) in [6, 6.07) is 0. The van der Waals surface area contributed by atoms with Crippen molar-refractivity contribution >= 4 is 17.9 Å². The molecule has 9 nitrogen and oxygen atoms in total. The minimum atomic E-state index is -1.64. The van der Waals surface area contributed by atoms with Crippen molar-refractivity contribution in [1.82, 2.24) is 0 Å². The molecule has 0 rings (SSSR count). The lowest BCUT2D eigenvalue weighted by molar-refractivity contribution is -0.870. The average Bonchev–Trinajstić information content (AvgIpc) is 3.75. The number of likely N-dealkylation sites (N-methyl/N-ethyl adjacent to an activating group) is 1. The number of carboxylic acid groups (broad SMARTS) is 1. The van der Waals surface area contributed by atoms with Gasteiger partial charge in [-0.25, -0.2) is 0 Å². The van der Waals surface area contributed by atoms with Gasteiger partial charge in [0.15, 0.2) is 12.4 Å². The van der Waals surface area contributed by atoms with E-state index in [0.29, 0.717) is 17.4 Å². The first kappa shape index (κ1) is 90.7. The fourth-order valence-electron chi connectivity index (χ4n) is 11.2. The number of rotatable bonds is 73. The highest BCUT2D eigenvalue weighted by atomic mass is 16.7. The zero-order valence-corrected chi connectivity index (χ0v) is 62.5. The lowest BCUT2D eigenvalue weighted by Crippen LogP contribution is -2.44. The van der Waals surface area contributed by atoms with Crippen LogP contribution in [0.4, 0.5) is 0 Å². The summed E-state index contributed by atoms with van der Waals surface area (Å²) in [5, 5.41) is 11.8. The summed E-state index contributed by atoms with van der Waals surface area (Å²) in [6.07, 6.45) is 105. The number of hydrogen-bond acceptors (Lipinski definition) is 8. The molecule has 9 heteroatoms. The number of ether oxygens (including phenoxy) is 4. The third kappa shape index (κ3) is 76.9. The summed E-state index contributed by atoms with van der Waals surface area (Å²) in [5.41, 5.74) is 0. The summed E-state index contributed by atoms with van der Waals surface area (Å²) in [5.74, 6) is -2.34. The Morgan fingerprint density at radius 3 is 0.895 bits per heavy atom. The number of esters is 2. The van der Waals surface area contributed by atoms with Gasteiger partial charge in [0, 0.05) is 12.8 Å². The minimum absolute atomic E-state index is 0.134. The van der Waals surface area contributed by atoms with Crippen LogP contribution in [-0.4, -0.2) is 82.3 Å². The first-order valence-corrected chi connectivity index (χ1v) is 39.7. The second-order valence-electron chi connectivity index (χ2n) is 27.6. The maximum atomic E-state index is 12.9. The Morgan fingerprint density at radius 1 is 0.326 bits per heavy atom. The lowest BCUT2D eigenvalue weighted by Gasteiger charge is -2.26. The number of nitrogens with zero attached hydrogens (tertiary/aromatic N) is 1. The number of quaternary nitrogens is 1. The molecule has 0 aliphatic rings. The largest absolute Gasteiger partial charge is 0.545 e. The van der Waals surface area contributed by atoms with Crippen molar-refractivity contribution in [3.05, 3.63) is 122 Å². The monoisotopic (exact) mass is 1320 g/mol. The standard InChI is InChI=1S/C86H149NO8/c1-6-8-10-12-14-16-18-20-22-24-26-28-30-32-34-36-38-40-41-42-43-45-46-48-50-52-54-56-58-60-62-64-66-68-70-72-74-76-83(88)93-80-82(81-94-86(85(90)91)92-79-78-87(3,4)5)95-84(89)77-75-73-71-69-67-65-63-61-59-57-55-53-51-49-47-44-39-37-35-33-31-29-27-25-23-21-19-17-15-13-11-9-7-2/h9,11,15,17,21,23,27,29,33,35,39,44,49,51,55,57,61,63,67,69,82,86H,6-8,10,12-14,16,18-20,22,24-26,28,30-32,34,36-38,40-43,45-48,50,52-54,56,58-60,62,64-66,68,70-81H2,1-5H3/b11-9-,17-15-,23-21-,29-27-,35-33-,44-39-,51-49-,57-55-,63-61-,69-67-. The van der Waals surface area contributed by atoms with Crippen molar-refractivity contribution < 1.29 is 42.9 Å². The van der Waals surface area contributed by atoms with Gasteiger partial charge in [-0.2, -0.15) is 0 Å². The van der Waals surface area contributed by atoms with Crippen LogP contribution in [0.1, 0.15) is 348 Å². The molecule has 0 aromatic carbocycles. The zero-order chi connectivity index (χ0) is 69.0. The van der Waals surface area contributed by atoms with Gasteiger partial charge in [-0.1, -0.05) is 367 Å². The molecular weight excluding hydrogens is 1170 g/mol. The van der Waals surface area contributed by atoms with Crippen LogP contribution in [0.15, 0.2) is 122 Å². The highest BCUT2D eigenvalue weighted by molar-refractivity contribution is 5.70. The molecule has 0 amide bonds. The summed E-state index contributed by atoms with van der Waals surface area (Å²) in [4.78, 5) is 37.6. The molecule has 0 saturated heterocycles. The molecule has 0 fully saturated rings. The maximum Gasteiger partial charge on any atom is 0.306 e. The third-order valence-electron chi connectivity index (χ3n) is 17.2. The van der Waals surface area contributed by atoms with Crippen LogP contribution in [-0.2, 0) is 33.3 Å². The van der Waals surface area contributed by atoms with Crippen LogP contribution in [0.2, 0.25) is 0 Å². The molecule has 0 aliphatic carbocycles. The van der Waals surface area contributed by atoms with Gasteiger partial charge < -0.3 is 33.3 Å². The highest BCUT2D eigenvalue weighted by Crippen LogP contribution is 2.19. The second-order valence-corrected chi connectivity index (χ2v) is 27.6. The topological polar surface area (TPSA) is 111 Å². The van der Waals surface area contributed by atoms with E-state index >= 15 is 0 Å². The fraction of sp³-hybridized carbons (Fsp3) is 0.733. The Kier molecular flexibility index (Phi) is 72.0. The smallest absolute Gasteiger partial charge is 0.306 e. The van der Waals surface area contributed by atoms with E-state index in [1.54, 1.807) is 0 Å². The van der Waals surface area contributed by atoms with E-state index in [0.717, 1.165) is 96.3 Å². The zero-order valence-electron chi connectivity index (χ0n) is 62.5. The second kappa shape index (κ2) is 75.5. The number of hydrogen-bond donors (Lipinski definition) is 0. The van der Waals surface area contributed by atoms with E-state index in [1.807, 2.05) is 21.1 Å². The van der Waals surface area contributed by atoms with Crippen LogP contribution in [0, 0.1) is 0 Å². The Hall–Kier alpha value is -4.31. The van der Waals surface area contributed by atoms with E-state index in [1.165, 1.54) is 218 Å². The molecule has 0 aromatic heterocycles. The maximum absolute atomic E-state index is 12.9. The molecule has 0 aliphatic heterocycles. The first-order chi connectivity index (χ1) is 46.6. The van der Waals surface area contributed by atoms with E-state index in [9.17, 15) is 19.5 Å². The van der Waals surface area contributed by atoms with Crippen LogP contribution in [0.25, 0.3) is 0 Å². The van der Waals surface area contributed by atoms with Gasteiger partial charge in [-0.3, -0.25) is 9.59 Å². The quantitative estimate of drug-likeness (QED) is 0.0195. The molecule has 0 heterocycles. The fourth-order valence-corrected chi connectivity index (χ4v) is 11.2. The Balaban J connectivity index is 4.10. The molecule has 546 valence electrons. The van der Waals surface area contributed by atoms with Gasteiger partial charge >= 0.3 is 11.9 Å². The van der Waals surface area contributed by atoms with Crippen LogP contribution < -0.4 is 5.11 Å². The molecule has 0 saturated carbocycles. The van der Waals surface area contributed by atoms with Crippen molar-refractivity contribution in [1.29, 1.82) is 0 Å². The van der Waals surface area contributed by atoms with Crippen molar-refractivity contribution in [2.75, 3.05) is 47.5 Å². The molecule has 0 aromatic rings. The van der Waals surface area contributed by atoms with Crippen LogP contribution in [0.3, 0.4) is 0 Å². The lowest BCUT2D eigenvalue weighted by atomic mass is 10.0. The number of unbranched alkanes of at least 4 members (excludes halogenated alkanes) is 38. The number of carbonyl (C=O) groups is 3. The van der Waals surface area contributed by atoms with E-state index in [-0.39, 0.29) is 38.6 Å². The van der Waals surface area contributed by atoms with E-state index in [4.69, 9.17) is 18.9 Å². The first-order valence-electron chi connectivity index (χ1n) is 39.7. The van der Waals surface area contributed by atoms with Gasteiger partial charge in [-0.05, 0) is 89.9 Å². The highest BCUT2D eigenvalue weighted by Gasteiger charge is 2.22. The number of carbonyl (C=O) groups excluding carboxylic acids is 3. The van der Waals surface area contributed by atoms with E-state index in [2.05, 4.69) is 135 Å². The Bertz CT molecular complexity index is 1980. The average molecular weight is 1330 g/mol. The van der Waals surface area contributed by atoms with Gasteiger partial charge in [0.25, 0.3) is 0 Å². The van der Waals surface area contributed by atoms with Crippen molar-refractivity contribution in [3.8, 4) is 0 Å². The summed E-state index contributed by atoms with van der Waals surface area (Å²) >= 11 is 0. The molecule has 0 spiro atoms. The van der Waals surface area contributed by atoms with Gasteiger partial charge in [0.05, 0.1) is 40.3 Å². The normalized spacial score (nSPS) is 13.3. The Labute approximate surface area is 587 Å². The predicted octanol–water partition coefficient (Wildman–Crippen LogP) is 24.1. The number of allylic oxidation sites excluding steroid dienone is 20. The summed E-state index contributed by atoms with van der Waals surface area (Å²) < 4.78 is 22.8. The van der Waals surface area contributed by atoms with Crippen molar-refractivity contribution in [2.45, 2.75) is 360 Å². The van der Waals surface area contributed by atoms with E-state index < -0.39 is 24.3 Å². The van der Waals surface area contributed by atoms with Gasteiger partial charge in [0.2, 0.25) is 0 Å². The summed E-state index contributed by atoms with van der Waals surface area (Å²) in [6.45, 7) is 4.62. The SMILES string of the molecule is CC/C=C\C/C=C\C/C=C\C/C=C\C/C=C\C/C=C\C/C=C\C/C=C\C/C=C\C/C=C\CCCCC(=O)OC(COC(=O)CCCCCCCCCCCCCCCCCCCCCCCCCCCCCCCCCCCCCCC)COC(OCC[N+](C)(C)C)C(=O)[O-].